The van der Waals surface area contributed by atoms with Gasteiger partial charge < -0.3 is 10.2 Å². The minimum Gasteiger partial charge on any atom is -0.393 e. The third kappa shape index (κ3) is 4.89. The fraction of sp³-hybridized carbons (Fsp3) is 0.889. The molecule has 2 nitrogen and oxygen atoms in total. The van der Waals surface area contributed by atoms with Crippen LogP contribution >= 0.6 is 0 Å². The maximum atomic E-state index is 10.6. The molecule has 20 heavy (non-hydrogen) atoms. The van der Waals surface area contributed by atoms with Crippen LogP contribution in [0.15, 0.2) is 11.6 Å². The molecular formula is C18H34O2. The molecule has 0 aromatic carbocycles. The Hall–Kier alpha value is -0.340. The van der Waals surface area contributed by atoms with E-state index in [9.17, 15) is 10.2 Å². The van der Waals surface area contributed by atoms with E-state index >= 15 is 0 Å². The Morgan fingerprint density at radius 2 is 1.90 bits per heavy atom. The summed E-state index contributed by atoms with van der Waals surface area (Å²) in [4.78, 5) is 0. The van der Waals surface area contributed by atoms with Crippen LogP contribution in [0.1, 0.15) is 67.2 Å². The normalized spacial score (nSPS) is 26.1. The van der Waals surface area contributed by atoms with Crippen LogP contribution in [0, 0.1) is 23.7 Å². The first kappa shape index (κ1) is 17.7. The van der Waals surface area contributed by atoms with Gasteiger partial charge in [-0.15, -0.1) is 0 Å². The van der Waals surface area contributed by atoms with Crippen molar-refractivity contribution in [3.05, 3.63) is 11.6 Å². The number of allylic oxidation sites excluding steroid dienone is 2. The van der Waals surface area contributed by atoms with Gasteiger partial charge in [0.15, 0.2) is 0 Å². The van der Waals surface area contributed by atoms with Gasteiger partial charge in [0.05, 0.1) is 11.7 Å². The van der Waals surface area contributed by atoms with Gasteiger partial charge in [-0.1, -0.05) is 39.3 Å². The SMILES string of the molecule is CCC1=CC(C(CC(C)C)C(O)CCC(C)(C)O)C1C. The van der Waals surface area contributed by atoms with Crippen molar-refractivity contribution in [2.75, 3.05) is 0 Å². The van der Waals surface area contributed by atoms with Gasteiger partial charge in [0, 0.05) is 0 Å². The molecule has 0 spiro atoms. The summed E-state index contributed by atoms with van der Waals surface area (Å²) in [5.74, 6) is 2.07. The Kier molecular flexibility index (Phi) is 6.27. The molecule has 0 fully saturated rings. The fourth-order valence-corrected chi connectivity index (χ4v) is 3.44. The molecule has 4 atom stereocenters. The lowest BCUT2D eigenvalue weighted by Crippen LogP contribution is -2.38. The van der Waals surface area contributed by atoms with Crippen molar-refractivity contribution in [1.82, 2.24) is 0 Å². The molecular weight excluding hydrogens is 248 g/mol. The van der Waals surface area contributed by atoms with Crippen LogP contribution in [0.25, 0.3) is 0 Å². The molecule has 1 aliphatic rings. The van der Waals surface area contributed by atoms with Crippen molar-refractivity contribution in [2.45, 2.75) is 78.9 Å². The highest BCUT2D eigenvalue weighted by atomic mass is 16.3. The maximum absolute atomic E-state index is 10.6. The fourth-order valence-electron chi connectivity index (χ4n) is 3.44. The Bertz CT molecular complexity index is 325. The molecule has 4 unspecified atom stereocenters. The first-order valence-corrected chi connectivity index (χ1v) is 8.26. The molecule has 118 valence electrons. The van der Waals surface area contributed by atoms with Crippen molar-refractivity contribution in [3.63, 3.8) is 0 Å². The maximum Gasteiger partial charge on any atom is 0.0592 e. The van der Waals surface area contributed by atoms with Crippen molar-refractivity contribution >= 4 is 0 Å². The minimum atomic E-state index is -0.682. The number of hydrogen-bond donors (Lipinski definition) is 2. The number of aliphatic hydroxyl groups is 2. The predicted molar refractivity (Wildman–Crippen MR) is 85.5 cm³/mol. The van der Waals surface area contributed by atoms with Gasteiger partial charge in [-0.3, -0.25) is 0 Å². The summed E-state index contributed by atoms with van der Waals surface area (Å²) >= 11 is 0. The highest BCUT2D eigenvalue weighted by Crippen LogP contribution is 2.44. The van der Waals surface area contributed by atoms with Crippen molar-refractivity contribution in [3.8, 4) is 0 Å². The summed E-state index contributed by atoms with van der Waals surface area (Å²) in [5, 5.41) is 20.4. The zero-order valence-electron chi connectivity index (χ0n) is 14.2. The van der Waals surface area contributed by atoms with Gasteiger partial charge in [-0.25, -0.2) is 0 Å². The van der Waals surface area contributed by atoms with E-state index in [4.69, 9.17) is 0 Å². The Labute approximate surface area is 125 Å². The number of aliphatic hydroxyl groups excluding tert-OH is 1. The van der Waals surface area contributed by atoms with Gasteiger partial charge in [0.25, 0.3) is 0 Å². The van der Waals surface area contributed by atoms with Crippen molar-refractivity contribution < 1.29 is 10.2 Å². The molecule has 0 aliphatic heterocycles. The number of rotatable bonds is 8. The van der Waals surface area contributed by atoms with E-state index in [0.717, 1.165) is 12.8 Å². The van der Waals surface area contributed by atoms with Crippen LogP contribution in [0.4, 0.5) is 0 Å². The van der Waals surface area contributed by atoms with Crippen LogP contribution in [0.2, 0.25) is 0 Å². The lowest BCUT2D eigenvalue weighted by molar-refractivity contribution is 0.0115. The largest absolute Gasteiger partial charge is 0.393 e. The number of hydrogen-bond acceptors (Lipinski definition) is 2. The Morgan fingerprint density at radius 1 is 1.30 bits per heavy atom. The summed E-state index contributed by atoms with van der Waals surface area (Å²) in [7, 11) is 0. The zero-order chi connectivity index (χ0) is 15.5. The third-order valence-electron chi connectivity index (χ3n) is 4.76. The van der Waals surface area contributed by atoms with Crippen LogP contribution < -0.4 is 0 Å². The summed E-state index contributed by atoms with van der Waals surface area (Å²) in [6.45, 7) is 12.6. The molecule has 2 heteroatoms. The van der Waals surface area contributed by atoms with Crippen molar-refractivity contribution in [1.29, 1.82) is 0 Å². The second-order valence-electron chi connectivity index (χ2n) is 7.67. The first-order valence-electron chi connectivity index (χ1n) is 8.26. The van der Waals surface area contributed by atoms with E-state index in [-0.39, 0.29) is 6.10 Å². The molecule has 0 heterocycles. The van der Waals surface area contributed by atoms with Crippen LogP contribution in [-0.4, -0.2) is 21.9 Å². The van der Waals surface area contributed by atoms with E-state index in [2.05, 4.69) is 33.8 Å². The van der Waals surface area contributed by atoms with E-state index in [1.165, 1.54) is 0 Å². The molecule has 0 aromatic rings. The molecule has 0 saturated carbocycles. The van der Waals surface area contributed by atoms with E-state index in [0.29, 0.717) is 36.5 Å². The molecule has 0 saturated heterocycles. The van der Waals surface area contributed by atoms with Crippen LogP contribution in [-0.2, 0) is 0 Å². The average Bonchev–Trinajstić information content (AvgIpc) is 2.32. The molecule has 0 radical (unpaired) electrons. The molecule has 2 N–H and O–H groups in total. The average molecular weight is 282 g/mol. The summed E-state index contributed by atoms with van der Waals surface area (Å²) in [6.07, 6.45) is 5.63. The quantitative estimate of drug-likeness (QED) is 0.656. The molecule has 0 aromatic heterocycles. The van der Waals surface area contributed by atoms with Gasteiger partial charge in [-0.2, -0.15) is 0 Å². The standard InChI is InChI=1S/C18H34O2/c1-7-14-11-15(13(14)4)16(10-12(2)3)17(19)8-9-18(5,6)20/h11-13,15-17,19-20H,7-10H2,1-6H3. The summed E-state index contributed by atoms with van der Waals surface area (Å²) in [5.41, 5.74) is 0.859. The monoisotopic (exact) mass is 282 g/mol. The van der Waals surface area contributed by atoms with Crippen LogP contribution in [0.5, 0.6) is 0 Å². The summed E-state index contributed by atoms with van der Waals surface area (Å²) < 4.78 is 0. The lowest BCUT2D eigenvalue weighted by Gasteiger charge is -2.42. The topological polar surface area (TPSA) is 40.5 Å². The first-order chi connectivity index (χ1) is 9.15. The van der Waals surface area contributed by atoms with Gasteiger partial charge in [-0.05, 0) is 63.2 Å². The van der Waals surface area contributed by atoms with E-state index in [1.807, 2.05) is 13.8 Å². The smallest absolute Gasteiger partial charge is 0.0592 e. The minimum absolute atomic E-state index is 0.300. The Morgan fingerprint density at radius 3 is 2.30 bits per heavy atom. The molecule has 1 aliphatic carbocycles. The highest BCUT2D eigenvalue weighted by molar-refractivity contribution is 5.22. The zero-order valence-corrected chi connectivity index (χ0v) is 14.2. The Balaban J connectivity index is 2.68. The predicted octanol–water partition coefficient (Wildman–Crippen LogP) is 4.16. The third-order valence-corrected chi connectivity index (χ3v) is 4.76. The van der Waals surface area contributed by atoms with E-state index in [1.54, 1.807) is 5.57 Å². The van der Waals surface area contributed by atoms with E-state index < -0.39 is 5.60 Å². The molecule has 0 amide bonds. The second kappa shape index (κ2) is 7.09. The molecule has 1 rings (SSSR count). The second-order valence-corrected chi connectivity index (χ2v) is 7.67. The van der Waals surface area contributed by atoms with Crippen LogP contribution in [0.3, 0.4) is 0 Å². The molecule has 0 bridgehead atoms. The van der Waals surface area contributed by atoms with Crippen molar-refractivity contribution in [2.24, 2.45) is 23.7 Å². The van der Waals surface area contributed by atoms with Gasteiger partial charge in [0.1, 0.15) is 0 Å². The van der Waals surface area contributed by atoms with Gasteiger partial charge >= 0.3 is 0 Å². The highest BCUT2D eigenvalue weighted by Gasteiger charge is 2.37. The van der Waals surface area contributed by atoms with Gasteiger partial charge in [0.2, 0.25) is 0 Å². The summed E-state index contributed by atoms with van der Waals surface area (Å²) in [6, 6.07) is 0. The lowest BCUT2D eigenvalue weighted by atomic mass is 9.64.